The first-order valence-electron chi connectivity index (χ1n) is 5.20. The van der Waals surface area contributed by atoms with Crippen LogP contribution in [0.1, 0.15) is 5.56 Å². The maximum absolute atomic E-state index is 11.0. The molecule has 100 valence electrons. The van der Waals surface area contributed by atoms with Crippen LogP contribution < -0.4 is 10.5 Å². The van der Waals surface area contributed by atoms with Gasteiger partial charge in [0.25, 0.3) is 0 Å². The van der Waals surface area contributed by atoms with Gasteiger partial charge < -0.3 is 5.32 Å². The number of allylic oxidation sites excluding steroid dienone is 2. The van der Waals surface area contributed by atoms with Crippen molar-refractivity contribution in [3.63, 3.8) is 0 Å². The molecule has 0 bridgehead atoms. The van der Waals surface area contributed by atoms with Crippen molar-refractivity contribution in [2.24, 2.45) is 5.14 Å². The van der Waals surface area contributed by atoms with E-state index in [2.05, 4.69) is 5.32 Å². The number of benzene rings is 1. The second kappa shape index (κ2) is 6.35. The lowest BCUT2D eigenvalue weighted by Gasteiger charge is -2.06. The molecule has 8 heteroatoms. The van der Waals surface area contributed by atoms with Crippen molar-refractivity contribution in [3.8, 4) is 18.2 Å². The summed E-state index contributed by atoms with van der Waals surface area (Å²) in [6.07, 6.45) is 0. The van der Waals surface area contributed by atoms with Crippen LogP contribution in [-0.2, 0) is 15.8 Å². The molecule has 0 aliphatic rings. The van der Waals surface area contributed by atoms with Crippen LogP contribution in [0, 0.1) is 34.0 Å². The zero-order valence-corrected chi connectivity index (χ0v) is 11.0. The first-order valence-corrected chi connectivity index (χ1v) is 6.92. The highest BCUT2D eigenvalue weighted by atomic mass is 32.2. The normalized spacial score (nSPS) is 9.70. The van der Waals surface area contributed by atoms with Gasteiger partial charge in [0.1, 0.15) is 23.9 Å². The van der Waals surface area contributed by atoms with Gasteiger partial charge in [0.2, 0.25) is 10.0 Å². The molecule has 0 aromatic heterocycles. The Balaban J connectivity index is 3.10. The van der Waals surface area contributed by atoms with Gasteiger partial charge in [-0.25, -0.2) is 13.6 Å². The smallest absolute Gasteiger partial charge is 0.213 e. The van der Waals surface area contributed by atoms with Crippen molar-refractivity contribution < 1.29 is 8.42 Å². The first-order chi connectivity index (χ1) is 9.39. The molecular formula is C12H9N5O2S. The highest BCUT2D eigenvalue weighted by Gasteiger charge is 2.08. The van der Waals surface area contributed by atoms with Crippen LogP contribution in [0.5, 0.6) is 0 Å². The molecule has 0 aliphatic carbocycles. The minimum atomic E-state index is -3.66. The molecule has 0 radical (unpaired) electrons. The van der Waals surface area contributed by atoms with Crippen LogP contribution in [0.4, 0.5) is 5.69 Å². The molecule has 1 aromatic carbocycles. The van der Waals surface area contributed by atoms with Crippen molar-refractivity contribution in [1.29, 1.82) is 15.8 Å². The molecule has 1 rings (SSSR count). The van der Waals surface area contributed by atoms with Crippen LogP contribution in [0.3, 0.4) is 0 Å². The van der Waals surface area contributed by atoms with Gasteiger partial charge in [-0.1, -0.05) is 12.1 Å². The van der Waals surface area contributed by atoms with E-state index >= 15 is 0 Å². The number of sulfonamides is 1. The Bertz CT molecular complexity index is 759. The van der Waals surface area contributed by atoms with Crippen LogP contribution in [0.25, 0.3) is 0 Å². The predicted molar refractivity (Wildman–Crippen MR) is 70.7 cm³/mol. The van der Waals surface area contributed by atoms with E-state index < -0.39 is 10.0 Å². The SMILES string of the molecule is N#CC(C#N)=C(C#N)Nc1cccc(CS(N)(=O)=O)c1. The van der Waals surface area contributed by atoms with E-state index in [1.807, 2.05) is 0 Å². The molecule has 0 saturated carbocycles. The summed E-state index contributed by atoms with van der Waals surface area (Å²) in [7, 11) is -3.66. The van der Waals surface area contributed by atoms with Gasteiger partial charge in [-0.05, 0) is 17.7 Å². The molecule has 0 unspecified atom stereocenters. The van der Waals surface area contributed by atoms with Gasteiger partial charge in [-0.2, -0.15) is 15.8 Å². The number of hydrogen-bond acceptors (Lipinski definition) is 6. The molecular weight excluding hydrogens is 278 g/mol. The lowest BCUT2D eigenvalue weighted by atomic mass is 10.2. The predicted octanol–water partition coefficient (Wildman–Crippen LogP) is 0.712. The summed E-state index contributed by atoms with van der Waals surface area (Å²) < 4.78 is 22.0. The van der Waals surface area contributed by atoms with E-state index in [0.29, 0.717) is 11.3 Å². The lowest BCUT2D eigenvalue weighted by molar-refractivity contribution is 0.597. The van der Waals surface area contributed by atoms with Gasteiger partial charge in [-0.15, -0.1) is 0 Å². The maximum Gasteiger partial charge on any atom is 0.213 e. The molecule has 20 heavy (non-hydrogen) atoms. The van der Waals surface area contributed by atoms with Crippen LogP contribution in [0.15, 0.2) is 35.5 Å². The Hall–Kier alpha value is -2.86. The molecule has 1 aromatic rings. The molecule has 0 saturated heterocycles. The van der Waals surface area contributed by atoms with Gasteiger partial charge in [0, 0.05) is 5.69 Å². The van der Waals surface area contributed by atoms with Crippen molar-refractivity contribution >= 4 is 15.7 Å². The Labute approximate surface area is 116 Å². The maximum atomic E-state index is 11.0. The molecule has 0 fully saturated rings. The number of nitrogens with two attached hydrogens (primary N) is 1. The monoisotopic (exact) mass is 287 g/mol. The van der Waals surface area contributed by atoms with E-state index in [-0.39, 0.29) is 17.0 Å². The third-order valence-electron chi connectivity index (χ3n) is 2.15. The highest BCUT2D eigenvalue weighted by Crippen LogP contribution is 2.15. The van der Waals surface area contributed by atoms with Gasteiger partial charge in [-0.3, -0.25) is 0 Å². The van der Waals surface area contributed by atoms with Crippen LogP contribution in [0.2, 0.25) is 0 Å². The average Bonchev–Trinajstić information content (AvgIpc) is 2.37. The van der Waals surface area contributed by atoms with E-state index in [4.69, 9.17) is 20.9 Å². The van der Waals surface area contributed by atoms with Gasteiger partial charge in [0.05, 0.1) is 5.75 Å². The quantitative estimate of drug-likeness (QED) is 0.780. The fourth-order valence-corrected chi connectivity index (χ4v) is 2.04. The number of nitrogens with one attached hydrogen (secondary N) is 1. The van der Waals surface area contributed by atoms with Crippen molar-refractivity contribution in [3.05, 3.63) is 41.1 Å². The topological polar surface area (TPSA) is 144 Å². The summed E-state index contributed by atoms with van der Waals surface area (Å²) in [5.74, 6) is -0.350. The Morgan fingerprint density at radius 1 is 1.20 bits per heavy atom. The summed E-state index contributed by atoms with van der Waals surface area (Å²) in [6.45, 7) is 0. The number of rotatable bonds is 4. The molecule has 0 atom stereocenters. The van der Waals surface area contributed by atoms with Crippen molar-refractivity contribution in [2.75, 3.05) is 5.32 Å². The Kier molecular flexibility index (Phi) is 4.82. The summed E-state index contributed by atoms with van der Waals surface area (Å²) in [5.41, 5.74) is 0.239. The highest BCUT2D eigenvalue weighted by molar-refractivity contribution is 7.88. The Morgan fingerprint density at radius 2 is 1.85 bits per heavy atom. The summed E-state index contributed by atoms with van der Waals surface area (Å²) in [5, 5.41) is 33.8. The Morgan fingerprint density at radius 3 is 2.35 bits per heavy atom. The van der Waals surface area contributed by atoms with E-state index in [1.54, 1.807) is 36.4 Å². The van der Waals surface area contributed by atoms with Crippen LogP contribution >= 0.6 is 0 Å². The van der Waals surface area contributed by atoms with Crippen molar-refractivity contribution in [2.45, 2.75) is 5.75 Å². The second-order valence-corrected chi connectivity index (χ2v) is 5.33. The van der Waals surface area contributed by atoms with Gasteiger partial charge >= 0.3 is 0 Å². The minimum absolute atomic E-state index is 0.206. The number of nitriles is 3. The van der Waals surface area contributed by atoms with E-state index in [0.717, 1.165) is 0 Å². The zero-order valence-electron chi connectivity index (χ0n) is 10.2. The minimum Gasteiger partial charge on any atom is -0.345 e. The fraction of sp³-hybridized carbons (Fsp3) is 0.0833. The second-order valence-electron chi connectivity index (χ2n) is 3.72. The third-order valence-corrected chi connectivity index (χ3v) is 2.89. The van der Waals surface area contributed by atoms with E-state index in [1.165, 1.54) is 6.07 Å². The lowest BCUT2D eigenvalue weighted by Crippen LogP contribution is -2.14. The zero-order chi connectivity index (χ0) is 15.2. The van der Waals surface area contributed by atoms with Gasteiger partial charge in [0.15, 0.2) is 5.57 Å². The van der Waals surface area contributed by atoms with Crippen molar-refractivity contribution in [1.82, 2.24) is 0 Å². The number of hydrogen-bond donors (Lipinski definition) is 2. The van der Waals surface area contributed by atoms with E-state index in [9.17, 15) is 8.42 Å². The molecule has 0 amide bonds. The largest absolute Gasteiger partial charge is 0.345 e. The standard InChI is InChI=1S/C12H9N5O2S/c13-5-10(6-14)12(7-15)17-11-3-1-2-9(4-11)8-20(16,18)19/h1-4,17H,8H2,(H2,16,18,19). The number of nitrogens with zero attached hydrogens (tertiary/aromatic N) is 3. The molecule has 0 spiro atoms. The summed E-state index contributed by atoms with van der Waals surface area (Å²) in [4.78, 5) is 0. The molecule has 0 aliphatic heterocycles. The number of primary sulfonamides is 1. The molecule has 3 N–H and O–H groups in total. The number of anilines is 1. The summed E-state index contributed by atoms with van der Waals surface area (Å²) >= 11 is 0. The molecule has 7 nitrogen and oxygen atoms in total. The third kappa shape index (κ3) is 4.43. The van der Waals surface area contributed by atoms with Crippen LogP contribution in [-0.4, -0.2) is 8.42 Å². The summed E-state index contributed by atoms with van der Waals surface area (Å²) in [6, 6.07) is 11.0. The fourth-order valence-electron chi connectivity index (χ4n) is 1.40. The molecule has 0 heterocycles. The first kappa shape index (κ1) is 15.2. The average molecular weight is 287 g/mol.